The SMILES string of the molecule is CCc1ccc(C(F)F)c(C#N)c1CC(=O)OC. The summed E-state index contributed by atoms with van der Waals surface area (Å²) in [5.41, 5.74) is 0.592. The van der Waals surface area contributed by atoms with Crippen molar-refractivity contribution in [3.63, 3.8) is 0 Å². The van der Waals surface area contributed by atoms with Crippen LogP contribution in [0.2, 0.25) is 0 Å². The molecule has 0 radical (unpaired) electrons. The van der Waals surface area contributed by atoms with Crippen LogP contribution in [0.4, 0.5) is 8.78 Å². The van der Waals surface area contributed by atoms with Crippen molar-refractivity contribution in [1.29, 1.82) is 5.26 Å². The number of esters is 1. The molecule has 3 nitrogen and oxygen atoms in total. The van der Waals surface area contributed by atoms with E-state index < -0.39 is 12.4 Å². The van der Waals surface area contributed by atoms with Crippen molar-refractivity contribution >= 4 is 5.97 Å². The van der Waals surface area contributed by atoms with Crippen LogP contribution in [0.15, 0.2) is 12.1 Å². The molecule has 0 bridgehead atoms. The van der Waals surface area contributed by atoms with Crippen LogP contribution in [-0.2, 0) is 22.4 Å². The van der Waals surface area contributed by atoms with E-state index in [1.54, 1.807) is 6.07 Å². The van der Waals surface area contributed by atoms with Gasteiger partial charge in [-0.3, -0.25) is 4.79 Å². The number of rotatable bonds is 4. The Labute approximate surface area is 104 Å². The van der Waals surface area contributed by atoms with E-state index in [1.165, 1.54) is 19.2 Å². The Morgan fingerprint density at radius 2 is 2.17 bits per heavy atom. The van der Waals surface area contributed by atoms with Gasteiger partial charge in [-0.2, -0.15) is 5.26 Å². The number of alkyl halides is 2. The van der Waals surface area contributed by atoms with E-state index in [9.17, 15) is 13.6 Å². The first kappa shape index (κ1) is 14.1. The van der Waals surface area contributed by atoms with Gasteiger partial charge in [-0.05, 0) is 17.5 Å². The number of carbonyl (C=O) groups excluding carboxylic acids is 1. The first-order valence-electron chi connectivity index (χ1n) is 5.44. The van der Waals surface area contributed by atoms with E-state index in [0.717, 1.165) is 0 Å². The van der Waals surface area contributed by atoms with Crippen LogP contribution in [0.25, 0.3) is 0 Å². The molecule has 5 heteroatoms. The Morgan fingerprint density at radius 1 is 1.50 bits per heavy atom. The van der Waals surface area contributed by atoms with Crippen LogP contribution in [0.3, 0.4) is 0 Å². The Bertz CT molecular complexity index is 492. The Kier molecular flexibility index (Phi) is 4.78. The topological polar surface area (TPSA) is 50.1 Å². The number of ether oxygens (including phenoxy) is 1. The van der Waals surface area contributed by atoms with Crippen LogP contribution in [-0.4, -0.2) is 13.1 Å². The number of hydrogen-bond acceptors (Lipinski definition) is 3. The third kappa shape index (κ3) is 2.83. The van der Waals surface area contributed by atoms with Gasteiger partial charge in [0.25, 0.3) is 6.43 Å². The van der Waals surface area contributed by atoms with Crippen LogP contribution in [0.1, 0.15) is 35.6 Å². The number of nitriles is 1. The normalized spacial score (nSPS) is 10.2. The second-order valence-corrected chi connectivity index (χ2v) is 3.69. The fourth-order valence-corrected chi connectivity index (χ4v) is 1.77. The predicted octanol–water partition coefficient (Wildman–Crippen LogP) is 2.77. The highest BCUT2D eigenvalue weighted by Gasteiger charge is 2.20. The summed E-state index contributed by atoms with van der Waals surface area (Å²) in [7, 11) is 1.22. The number of aryl methyl sites for hydroxylation is 1. The van der Waals surface area contributed by atoms with Crippen molar-refractivity contribution < 1.29 is 18.3 Å². The number of carbonyl (C=O) groups is 1. The number of nitrogens with zero attached hydrogens (tertiary/aromatic N) is 1. The van der Waals surface area contributed by atoms with Crippen molar-refractivity contribution in [2.24, 2.45) is 0 Å². The monoisotopic (exact) mass is 253 g/mol. The molecule has 0 unspecified atom stereocenters. The van der Waals surface area contributed by atoms with Crippen LogP contribution >= 0.6 is 0 Å². The molecule has 0 spiro atoms. The maximum absolute atomic E-state index is 12.8. The van der Waals surface area contributed by atoms with Gasteiger partial charge in [0.05, 0.1) is 25.2 Å². The van der Waals surface area contributed by atoms with Crippen molar-refractivity contribution in [2.75, 3.05) is 7.11 Å². The van der Waals surface area contributed by atoms with Gasteiger partial charge in [-0.25, -0.2) is 8.78 Å². The summed E-state index contributed by atoms with van der Waals surface area (Å²) in [5, 5.41) is 9.02. The molecule has 0 N–H and O–H groups in total. The molecule has 0 atom stereocenters. The van der Waals surface area contributed by atoms with Gasteiger partial charge < -0.3 is 4.74 Å². The first-order chi connectivity index (χ1) is 8.54. The summed E-state index contributed by atoms with van der Waals surface area (Å²) in [5.74, 6) is -0.549. The molecule has 0 saturated heterocycles. The summed E-state index contributed by atoms with van der Waals surface area (Å²) in [6.07, 6.45) is -2.34. The molecule has 18 heavy (non-hydrogen) atoms. The smallest absolute Gasteiger partial charge is 0.310 e. The molecule has 1 rings (SSSR count). The van der Waals surface area contributed by atoms with Gasteiger partial charge in [0.15, 0.2) is 0 Å². The zero-order valence-corrected chi connectivity index (χ0v) is 10.2. The minimum atomic E-state index is -2.73. The van der Waals surface area contributed by atoms with E-state index in [1.807, 2.05) is 6.92 Å². The highest BCUT2D eigenvalue weighted by atomic mass is 19.3. The highest BCUT2D eigenvalue weighted by Crippen LogP contribution is 2.28. The molecule has 0 aliphatic rings. The van der Waals surface area contributed by atoms with Gasteiger partial charge in [0, 0.05) is 5.56 Å². The highest BCUT2D eigenvalue weighted by molar-refractivity contribution is 5.74. The standard InChI is InChI=1S/C13H13F2NO2/c1-3-8-4-5-9(13(14)15)11(7-16)10(8)6-12(17)18-2/h4-5,13H,3,6H2,1-2H3. The first-order valence-corrected chi connectivity index (χ1v) is 5.44. The molecule has 96 valence electrons. The van der Waals surface area contributed by atoms with Crippen molar-refractivity contribution in [3.05, 3.63) is 34.4 Å². The second kappa shape index (κ2) is 6.10. The maximum atomic E-state index is 12.8. The van der Waals surface area contributed by atoms with Crippen LogP contribution in [0.5, 0.6) is 0 Å². The molecule has 1 aromatic carbocycles. The third-order valence-corrected chi connectivity index (χ3v) is 2.72. The molecule has 1 aromatic rings. The number of hydrogen-bond donors (Lipinski definition) is 0. The molecule has 0 fully saturated rings. The van der Waals surface area contributed by atoms with Gasteiger partial charge >= 0.3 is 5.97 Å². The van der Waals surface area contributed by atoms with Gasteiger partial charge in [0.1, 0.15) is 0 Å². The minimum Gasteiger partial charge on any atom is -0.469 e. The lowest BCUT2D eigenvalue weighted by atomic mass is 9.93. The quantitative estimate of drug-likeness (QED) is 0.775. The zero-order chi connectivity index (χ0) is 13.7. The number of halogens is 2. The van der Waals surface area contributed by atoms with Crippen molar-refractivity contribution in [2.45, 2.75) is 26.2 Å². The largest absolute Gasteiger partial charge is 0.469 e. The van der Waals surface area contributed by atoms with Gasteiger partial charge in [0.2, 0.25) is 0 Å². The van der Waals surface area contributed by atoms with Gasteiger partial charge in [-0.15, -0.1) is 0 Å². The summed E-state index contributed by atoms with van der Waals surface area (Å²) < 4.78 is 30.1. The summed E-state index contributed by atoms with van der Waals surface area (Å²) >= 11 is 0. The summed E-state index contributed by atoms with van der Waals surface area (Å²) in [4.78, 5) is 11.3. The molecular weight excluding hydrogens is 240 g/mol. The number of benzene rings is 1. The molecule has 0 aromatic heterocycles. The molecule has 0 aliphatic carbocycles. The van der Waals surface area contributed by atoms with Gasteiger partial charge in [-0.1, -0.05) is 19.1 Å². The van der Waals surface area contributed by atoms with Crippen LogP contribution < -0.4 is 0 Å². The van der Waals surface area contributed by atoms with E-state index >= 15 is 0 Å². The van der Waals surface area contributed by atoms with E-state index in [-0.39, 0.29) is 17.5 Å². The Hall–Kier alpha value is -1.96. The molecule has 0 saturated carbocycles. The van der Waals surface area contributed by atoms with E-state index in [2.05, 4.69) is 4.74 Å². The van der Waals surface area contributed by atoms with E-state index in [4.69, 9.17) is 5.26 Å². The molecular formula is C13H13F2NO2. The average Bonchev–Trinajstić information content (AvgIpc) is 2.37. The van der Waals surface area contributed by atoms with Crippen molar-refractivity contribution in [1.82, 2.24) is 0 Å². The predicted molar refractivity (Wildman–Crippen MR) is 61.2 cm³/mol. The Morgan fingerprint density at radius 3 is 2.61 bits per heavy atom. The van der Waals surface area contributed by atoms with Crippen molar-refractivity contribution in [3.8, 4) is 6.07 Å². The fourth-order valence-electron chi connectivity index (χ4n) is 1.77. The second-order valence-electron chi connectivity index (χ2n) is 3.69. The lowest BCUT2D eigenvalue weighted by Gasteiger charge is -2.12. The zero-order valence-electron chi connectivity index (χ0n) is 10.2. The summed E-state index contributed by atoms with van der Waals surface area (Å²) in [6, 6.07) is 4.53. The summed E-state index contributed by atoms with van der Waals surface area (Å²) in [6.45, 7) is 1.83. The van der Waals surface area contributed by atoms with Crippen LogP contribution in [0, 0.1) is 11.3 Å². The Balaban J connectivity index is 3.38. The minimum absolute atomic E-state index is 0.116. The molecule has 0 amide bonds. The number of methoxy groups -OCH3 is 1. The van der Waals surface area contributed by atoms with E-state index in [0.29, 0.717) is 17.5 Å². The average molecular weight is 253 g/mol. The lowest BCUT2D eigenvalue weighted by Crippen LogP contribution is -2.10. The molecule has 0 heterocycles. The third-order valence-electron chi connectivity index (χ3n) is 2.72. The molecule has 0 aliphatic heterocycles. The lowest BCUT2D eigenvalue weighted by molar-refractivity contribution is -0.139. The fraction of sp³-hybridized carbons (Fsp3) is 0.385. The maximum Gasteiger partial charge on any atom is 0.310 e.